The second-order valence-electron chi connectivity index (χ2n) is 14.4. The summed E-state index contributed by atoms with van der Waals surface area (Å²) in [4.78, 5) is 46.6. The number of amides is 3. The Bertz CT molecular complexity index is 1520. The highest BCUT2D eigenvalue weighted by atomic mass is 32.1. The van der Waals surface area contributed by atoms with Gasteiger partial charge >= 0.3 is 6.09 Å². The lowest BCUT2D eigenvalue weighted by Gasteiger charge is -2.42. The number of rotatable bonds is 10. The molecule has 8 nitrogen and oxygen atoms in total. The molecule has 3 fully saturated rings. The summed E-state index contributed by atoms with van der Waals surface area (Å²) in [6.07, 6.45) is 12.2. The van der Waals surface area contributed by atoms with Gasteiger partial charge < -0.3 is 25.2 Å². The molecule has 260 valence electrons. The van der Waals surface area contributed by atoms with Crippen LogP contribution >= 0.6 is 11.3 Å². The highest BCUT2D eigenvalue weighted by molar-refractivity contribution is 7.09. The van der Waals surface area contributed by atoms with Crippen LogP contribution < -0.4 is 10.6 Å². The molecule has 2 unspecified atom stereocenters. The SMILES string of the molecule is O=C(NCc1cccs1)C1CN(C(=O)OCC2c3ccccc3-c3ccccc32)CCN1C(=O)C(CC1CCCCC1)NC1CCCCC1. The number of ether oxygens (including phenoxy) is 1. The van der Waals surface area contributed by atoms with Crippen molar-refractivity contribution < 1.29 is 19.1 Å². The Kier molecular flexibility index (Phi) is 11.0. The van der Waals surface area contributed by atoms with Gasteiger partial charge in [-0.3, -0.25) is 9.59 Å². The molecular weight excluding hydrogens is 633 g/mol. The number of piperazine rings is 1. The summed E-state index contributed by atoms with van der Waals surface area (Å²) >= 11 is 1.59. The van der Waals surface area contributed by atoms with Crippen molar-refractivity contribution in [2.45, 2.75) is 101 Å². The maximum Gasteiger partial charge on any atom is 0.409 e. The largest absolute Gasteiger partial charge is 0.448 e. The number of hydrogen-bond donors (Lipinski definition) is 2. The summed E-state index contributed by atoms with van der Waals surface area (Å²) < 4.78 is 6.01. The maximum absolute atomic E-state index is 14.6. The number of carbonyl (C=O) groups is 3. The van der Waals surface area contributed by atoms with Gasteiger partial charge in [-0.25, -0.2) is 4.79 Å². The van der Waals surface area contributed by atoms with E-state index in [0.717, 1.165) is 48.1 Å². The van der Waals surface area contributed by atoms with Crippen LogP contribution in [0.4, 0.5) is 4.79 Å². The van der Waals surface area contributed by atoms with Crippen molar-refractivity contribution in [3.63, 3.8) is 0 Å². The van der Waals surface area contributed by atoms with Gasteiger partial charge in [-0.2, -0.15) is 0 Å². The topological polar surface area (TPSA) is 91.0 Å². The van der Waals surface area contributed by atoms with Crippen molar-refractivity contribution in [2.24, 2.45) is 5.92 Å². The molecule has 0 spiro atoms. The predicted octanol–water partition coefficient (Wildman–Crippen LogP) is 7.09. The Morgan fingerprint density at radius 1 is 0.816 bits per heavy atom. The van der Waals surface area contributed by atoms with Crippen molar-refractivity contribution in [1.29, 1.82) is 0 Å². The van der Waals surface area contributed by atoms with E-state index < -0.39 is 12.1 Å². The smallest absolute Gasteiger partial charge is 0.409 e. The molecule has 3 aromatic rings. The van der Waals surface area contributed by atoms with E-state index in [9.17, 15) is 14.4 Å². The number of nitrogens with zero attached hydrogens (tertiary/aromatic N) is 2. The molecule has 9 heteroatoms. The van der Waals surface area contributed by atoms with Crippen molar-refractivity contribution in [1.82, 2.24) is 20.4 Å². The molecule has 1 aliphatic heterocycles. The number of hydrogen-bond acceptors (Lipinski definition) is 6. The number of benzene rings is 2. The van der Waals surface area contributed by atoms with Gasteiger partial charge in [0.05, 0.1) is 19.1 Å². The minimum atomic E-state index is -0.788. The van der Waals surface area contributed by atoms with E-state index in [1.807, 2.05) is 41.8 Å². The second kappa shape index (κ2) is 15.9. The van der Waals surface area contributed by atoms with E-state index in [0.29, 0.717) is 31.6 Å². The lowest BCUT2D eigenvalue weighted by Crippen LogP contribution is -2.64. The average Bonchev–Trinajstić information content (AvgIpc) is 3.79. The van der Waals surface area contributed by atoms with Crippen LogP contribution in [-0.4, -0.2) is 72.1 Å². The fraction of sp³-hybridized carbons (Fsp3) is 0.525. The van der Waals surface area contributed by atoms with Crippen molar-refractivity contribution in [3.8, 4) is 11.1 Å². The fourth-order valence-electron chi connectivity index (χ4n) is 8.58. The Balaban J connectivity index is 1.06. The van der Waals surface area contributed by atoms with Gasteiger partial charge in [-0.05, 0) is 58.9 Å². The molecule has 0 bridgehead atoms. The Morgan fingerprint density at radius 2 is 1.49 bits per heavy atom. The zero-order chi connectivity index (χ0) is 33.6. The van der Waals surface area contributed by atoms with Crippen LogP contribution in [0.25, 0.3) is 11.1 Å². The van der Waals surface area contributed by atoms with Crippen molar-refractivity contribution >= 4 is 29.2 Å². The molecule has 7 rings (SSSR count). The van der Waals surface area contributed by atoms with Gasteiger partial charge in [-0.15, -0.1) is 11.3 Å². The summed E-state index contributed by atoms with van der Waals surface area (Å²) in [6, 6.07) is 19.8. The van der Waals surface area contributed by atoms with Crippen LogP contribution in [-0.2, 0) is 20.9 Å². The molecule has 2 heterocycles. The summed E-state index contributed by atoms with van der Waals surface area (Å²) in [5.41, 5.74) is 4.68. The average molecular weight is 683 g/mol. The molecule has 49 heavy (non-hydrogen) atoms. The standard InChI is InChI=1S/C40H50N4O4S/c45-38(41-25-30-16-11-23-49-30)37-26-43(40(47)48-27-35-33-19-9-7-17-31(33)32-18-8-10-20-34(32)35)21-22-44(37)39(46)36(24-28-12-3-1-4-13-28)42-29-14-5-2-6-15-29/h7-11,16-20,23,28-29,35-37,42H,1-6,12-15,21-22,24-27H2,(H,41,45). The third-order valence-corrected chi connectivity index (χ3v) is 12.1. The van der Waals surface area contributed by atoms with E-state index in [4.69, 9.17) is 4.74 Å². The lowest BCUT2D eigenvalue weighted by molar-refractivity contribution is -0.146. The van der Waals surface area contributed by atoms with Crippen molar-refractivity contribution in [2.75, 3.05) is 26.2 Å². The zero-order valence-corrected chi connectivity index (χ0v) is 29.3. The van der Waals surface area contributed by atoms with Gasteiger partial charge in [0.1, 0.15) is 12.6 Å². The van der Waals surface area contributed by atoms with Crippen LogP contribution in [0.5, 0.6) is 0 Å². The maximum atomic E-state index is 14.6. The molecule has 3 amide bonds. The first-order chi connectivity index (χ1) is 24.0. The molecule has 2 aromatic carbocycles. The monoisotopic (exact) mass is 682 g/mol. The van der Waals surface area contributed by atoms with E-state index in [1.54, 1.807) is 21.1 Å². The highest BCUT2D eigenvalue weighted by Gasteiger charge is 2.41. The number of fused-ring (bicyclic) bond motifs is 3. The zero-order valence-electron chi connectivity index (χ0n) is 28.5. The van der Waals surface area contributed by atoms with Crippen LogP contribution in [0.3, 0.4) is 0 Å². The third-order valence-electron chi connectivity index (χ3n) is 11.2. The normalized spacial score (nSPS) is 20.8. The molecule has 1 saturated heterocycles. The van der Waals surface area contributed by atoms with E-state index in [-0.39, 0.29) is 36.9 Å². The van der Waals surface area contributed by atoms with Gasteiger partial charge in [0.15, 0.2) is 0 Å². The number of nitrogens with one attached hydrogen (secondary N) is 2. The van der Waals surface area contributed by atoms with Crippen molar-refractivity contribution in [3.05, 3.63) is 82.0 Å². The van der Waals surface area contributed by atoms with E-state index >= 15 is 0 Å². The Labute approximate surface area is 294 Å². The second-order valence-corrected chi connectivity index (χ2v) is 15.4. The molecule has 4 aliphatic rings. The highest BCUT2D eigenvalue weighted by Crippen LogP contribution is 2.44. The van der Waals surface area contributed by atoms with Crippen LogP contribution in [0.2, 0.25) is 0 Å². The first-order valence-electron chi connectivity index (χ1n) is 18.5. The van der Waals surface area contributed by atoms with Gasteiger partial charge in [0.2, 0.25) is 11.8 Å². The van der Waals surface area contributed by atoms with Gasteiger partial charge in [0.25, 0.3) is 0 Å². The first-order valence-corrected chi connectivity index (χ1v) is 19.4. The fourth-order valence-corrected chi connectivity index (χ4v) is 9.22. The van der Waals surface area contributed by atoms with Crippen LogP contribution in [0, 0.1) is 5.92 Å². The number of thiophene rings is 1. The Morgan fingerprint density at radius 3 is 2.16 bits per heavy atom. The quantitative estimate of drug-likeness (QED) is 0.239. The molecule has 1 aromatic heterocycles. The summed E-state index contributed by atoms with van der Waals surface area (Å²) in [6.45, 7) is 1.35. The first kappa shape index (κ1) is 33.8. The Hall–Kier alpha value is -3.69. The van der Waals surface area contributed by atoms with Gasteiger partial charge in [0, 0.05) is 29.9 Å². The molecule has 0 radical (unpaired) electrons. The van der Waals surface area contributed by atoms with E-state index in [1.165, 1.54) is 49.7 Å². The lowest BCUT2D eigenvalue weighted by atomic mass is 9.83. The summed E-state index contributed by atoms with van der Waals surface area (Å²) in [5, 5.41) is 8.86. The molecular formula is C40H50N4O4S. The predicted molar refractivity (Wildman–Crippen MR) is 193 cm³/mol. The molecule has 2 atom stereocenters. The molecule has 3 aliphatic carbocycles. The minimum absolute atomic E-state index is 0.000363. The summed E-state index contributed by atoms with van der Waals surface area (Å²) in [7, 11) is 0. The van der Waals surface area contributed by atoms with E-state index in [2.05, 4.69) is 34.9 Å². The third kappa shape index (κ3) is 7.88. The van der Waals surface area contributed by atoms with Crippen LogP contribution in [0.1, 0.15) is 92.6 Å². The number of carbonyl (C=O) groups excluding carboxylic acids is 3. The van der Waals surface area contributed by atoms with Gasteiger partial charge in [-0.1, -0.05) is 106 Å². The molecule has 2 saturated carbocycles. The minimum Gasteiger partial charge on any atom is -0.448 e. The van der Waals surface area contributed by atoms with Crippen LogP contribution in [0.15, 0.2) is 66.0 Å². The molecule has 2 N–H and O–H groups in total. The summed E-state index contributed by atoms with van der Waals surface area (Å²) in [5.74, 6) is 0.245.